The van der Waals surface area contributed by atoms with E-state index in [0.717, 1.165) is 25.0 Å². The van der Waals surface area contributed by atoms with Crippen LogP contribution in [0, 0.1) is 5.92 Å². The van der Waals surface area contributed by atoms with Crippen molar-refractivity contribution in [2.24, 2.45) is 11.7 Å². The van der Waals surface area contributed by atoms with Crippen LogP contribution in [-0.4, -0.2) is 49.8 Å². The number of alkyl halides is 3. The van der Waals surface area contributed by atoms with Crippen LogP contribution in [-0.2, 0) is 20.4 Å². The van der Waals surface area contributed by atoms with Crippen molar-refractivity contribution in [1.82, 2.24) is 4.90 Å². The molecule has 0 radical (unpaired) electrons. The molecule has 1 amide bonds. The summed E-state index contributed by atoms with van der Waals surface area (Å²) in [6.07, 6.45) is -3.51. The van der Waals surface area contributed by atoms with E-state index in [-0.39, 0.29) is 37.4 Å². The number of rotatable bonds is 3. The maximum Gasteiger partial charge on any atom is 0.416 e. The van der Waals surface area contributed by atoms with Gasteiger partial charge in [0.1, 0.15) is 6.10 Å². The number of halogens is 4. The van der Waals surface area contributed by atoms with Crippen LogP contribution < -0.4 is 5.73 Å². The van der Waals surface area contributed by atoms with Gasteiger partial charge in [0, 0.05) is 19.8 Å². The van der Waals surface area contributed by atoms with E-state index in [1.807, 2.05) is 0 Å². The molecule has 2 aliphatic rings. The molecule has 2 aliphatic heterocycles. The van der Waals surface area contributed by atoms with Crippen LogP contribution in [0.3, 0.4) is 0 Å². The lowest BCUT2D eigenvalue weighted by molar-refractivity contribution is -0.143. The van der Waals surface area contributed by atoms with Gasteiger partial charge in [0.15, 0.2) is 0 Å². The highest BCUT2D eigenvalue weighted by atomic mass is 35.5. The summed E-state index contributed by atoms with van der Waals surface area (Å²) in [6, 6.07) is 4.44. The smallest absolute Gasteiger partial charge is 0.381 e. The fraction of sp³-hybridized carbons (Fsp3) is 0.611. The Morgan fingerprint density at radius 1 is 1.22 bits per heavy atom. The predicted octanol–water partition coefficient (Wildman–Crippen LogP) is 2.78. The molecule has 0 saturated carbocycles. The van der Waals surface area contributed by atoms with Crippen molar-refractivity contribution in [3.63, 3.8) is 0 Å². The molecule has 3 rings (SSSR count). The maximum absolute atomic E-state index is 12.9. The second kappa shape index (κ2) is 9.23. The second-order valence-electron chi connectivity index (χ2n) is 6.74. The standard InChI is InChI=1S/C18H23F3N2O3.ClH/c19-18(20,21)14-3-1-2-13(10-14)15-11-23(6-9-26-15)17(24)16(22)12-4-7-25-8-5-12;/h1-3,10,12,15-16H,4-9,11,22H2;1H. The molecule has 0 aliphatic carbocycles. The molecule has 152 valence electrons. The Labute approximate surface area is 162 Å². The number of morpholine rings is 1. The summed E-state index contributed by atoms with van der Waals surface area (Å²) in [7, 11) is 0. The summed E-state index contributed by atoms with van der Waals surface area (Å²) in [5.41, 5.74) is 5.84. The fourth-order valence-corrected chi connectivity index (χ4v) is 3.45. The summed E-state index contributed by atoms with van der Waals surface area (Å²) in [6.45, 7) is 2.07. The Hall–Kier alpha value is -1.35. The zero-order valence-electron chi connectivity index (χ0n) is 14.8. The van der Waals surface area contributed by atoms with Gasteiger partial charge in [-0.25, -0.2) is 0 Å². The number of amides is 1. The van der Waals surface area contributed by atoms with Crippen molar-refractivity contribution in [2.75, 3.05) is 32.9 Å². The monoisotopic (exact) mass is 408 g/mol. The first kappa shape index (κ1) is 21.9. The quantitative estimate of drug-likeness (QED) is 0.835. The molecule has 2 fully saturated rings. The first-order valence-electron chi connectivity index (χ1n) is 8.77. The molecule has 0 aromatic heterocycles. The van der Waals surface area contributed by atoms with Crippen LogP contribution in [0.1, 0.15) is 30.1 Å². The number of carbonyl (C=O) groups is 1. The van der Waals surface area contributed by atoms with Crippen LogP contribution in [0.5, 0.6) is 0 Å². The lowest BCUT2D eigenvalue weighted by Crippen LogP contribution is -2.52. The van der Waals surface area contributed by atoms with E-state index >= 15 is 0 Å². The molecule has 2 N–H and O–H groups in total. The Morgan fingerprint density at radius 3 is 2.59 bits per heavy atom. The molecule has 0 bridgehead atoms. The lowest BCUT2D eigenvalue weighted by atomic mass is 9.91. The van der Waals surface area contributed by atoms with Crippen LogP contribution in [0.15, 0.2) is 24.3 Å². The predicted molar refractivity (Wildman–Crippen MR) is 95.5 cm³/mol. The van der Waals surface area contributed by atoms with E-state index in [2.05, 4.69) is 0 Å². The third-order valence-electron chi connectivity index (χ3n) is 5.02. The van der Waals surface area contributed by atoms with Crippen molar-refractivity contribution >= 4 is 18.3 Å². The van der Waals surface area contributed by atoms with Gasteiger partial charge in [-0.05, 0) is 36.5 Å². The summed E-state index contributed by atoms with van der Waals surface area (Å²) < 4.78 is 49.7. The van der Waals surface area contributed by atoms with Crippen molar-refractivity contribution < 1.29 is 27.4 Å². The average molecular weight is 409 g/mol. The molecule has 2 heterocycles. The van der Waals surface area contributed by atoms with E-state index in [0.29, 0.717) is 25.3 Å². The van der Waals surface area contributed by atoms with Gasteiger partial charge in [-0.3, -0.25) is 4.79 Å². The summed E-state index contributed by atoms with van der Waals surface area (Å²) in [5.74, 6) is -0.0942. The highest BCUT2D eigenvalue weighted by molar-refractivity contribution is 5.85. The number of ether oxygens (including phenoxy) is 2. The minimum absolute atomic E-state index is 0. The van der Waals surface area contributed by atoms with Gasteiger partial charge >= 0.3 is 6.18 Å². The minimum Gasteiger partial charge on any atom is -0.381 e. The van der Waals surface area contributed by atoms with E-state index < -0.39 is 23.9 Å². The van der Waals surface area contributed by atoms with Crippen molar-refractivity contribution in [3.8, 4) is 0 Å². The van der Waals surface area contributed by atoms with Gasteiger partial charge in [0.25, 0.3) is 0 Å². The van der Waals surface area contributed by atoms with E-state index in [1.54, 1.807) is 11.0 Å². The van der Waals surface area contributed by atoms with Crippen molar-refractivity contribution in [1.29, 1.82) is 0 Å². The fourth-order valence-electron chi connectivity index (χ4n) is 3.45. The molecule has 5 nitrogen and oxygen atoms in total. The molecule has 9 heteroatoms. The molecule has 27 heavy (non-hydrogen) atoms. The maximum atomic E-state index is 12.9. The Balaban J connectivity index is 0.00000261. The molecular formula is C18H24ClF3N2O3. The Bertz CT molecular complexity index is 639. The molecule has 1 aromatic rings. The van der Waals surface area contributed by atoms with Gasteiger partial charge in [-0.2, -0.15) is 13.2 Å². The number of carbonyl (C=O) groups excluding carboxylic acids is 1. The molecule has 2 unspecified atom stereocenters. The minimum atomic E-state index is -4.41. The number of nitrogens with zero attached hydrogens (tertiary/aromatic N) is 1. The van der Waals surface area contributed by atoms with Gasteiger partial charge < -0.3 is 20.1 Å². The molecule has 2 atom stereocenters. The van der Waals surface area contributed by atoms with Crippen LogP contribution in [0.4, 0.5) is 13.2 Å². The number of nitrogens with two attached hydrogens (primary N) is 1. The zero-order chi connectivity index (χ0) is 18.7. The lowest BCUT2D eigenvalue weighted by Gasteiger charge is -2.37. The normalized spacial score (nSPS) is 22.8. The first-order valence-corrected chi connectivity index (χ1v) is 8.77. The van der Waals surface area contributed by atoms with E-state index in [9.17, 15) is 18.0 Å². The highest BCUT2D eigenvalue weighted by Gasteiger charge is 2.34. The second-order valence-corrected chi connectivity index (χ2v) is 6.74. The Morgan fingerprint density at radius 2 is 1.93 bits per heavy atom. The van der Waals surface area contributed by atoms with Gasteiger partial charge in [-0.15, -0.1) is 12.4 Å². The summed E-state index contributed by atoms with van der Waals surface area (Å²) in [5, 5.41) is 0. The summed E-state index contributed by atoms with van der Waals surface area (Å²) in [4.78, 5) is 14.3. The summed E-state index contributed by atoms with van der Waals surface area (Å²) >= 11 is 0. The van der Waals surface area contributed by atoms with Gasteiger partial charge in [-0.1, -0.05) is 12.1 Å². The van der Waals surface area contributed by atoms with Crippen LogP contribution >= 0.6 is 12.4 Å². The zero-order valence-corrected chi connectivity index (χ0v) is 15.6. The topological polar surface area (TPSA) is 64.8 Å². The van der Waals surface area contributed by atoms with Crippen LogP contribution in [0.2, 0.25) is 0 Å². The number of hydrogen-bond acceptors (Lipinski definition) is 4. The Kier molecular flexibility index (Phi) is 7.50. The van der Waals surface area contributed by atoms with E-state index in [1.165, 1.54) is 6.07 Å². The number of benzene rings is 1. The third kappa shape index (κ3) is 5.34. The van der Waals surface area contributed by atoms with Gasteiger partial charge in [0.2, 0.25) is 5.91 Å². The highest BCUT2D eigenvalue weighted by Crippen LogP contribution is 2.32. The molecule has 0 spiro atoms. The first-order chi connectivity index (χ1) is 12.4. The molecular weight excluding hydrogens is 385 g/mol. The SMILES string of the molecule is Cl.NC(C(=O)N1CCOC(c2cccc(C(F)(F)F)c2)C1)C1CCOCC1. The molecule has 1 aromatic carbocycles. The average Bonchev–Trinajstić information content (AvgIpc) is 2.67. The largest absolute Gasteiger partial charge is 0.416 e. The number of hydrogen-bond donors (Lipinski definition) is 1. The van der Waals surface area contributed by atoms with Crippen LogP contribution in [0.25, 0.3) is 0 Å². The van der Waals surface area contributed by atoms with Gasteiger partial charge in [0.05, 0.1) is 24.8 Å². The van der Waals surface area contributed by atoms with E-state index in [4.69, 9.17) is 15.2 Å². The van der Waals surface area contributed by atoms with Crippen molar-refractivity contribution in [3.05, 3.63) is 35.4 Å². The van der Waals surface area contributed by atoms with Crippen molar-refractivity contribution in [2.45, 2.75) is 31.2 Å². The molecule has 2 saturated heterocycles. The third-order valence-corrected chi connectivity index (χ3v) is 5.02.